The molecule has 11 heteroatoms. The number of sulfonamides is 1. The fraction of sp³-hybridized carbons (Fsp3) is 0.312. The van der Waals surface area contributed by atoms with Crippen LogP contribution in [0.15, 0.2) is 40.0 Å². The Morgan fingerprint density at radius 3 is 2.59 bits per heavy atom. The zero-order valence-electron chi connectivity index (χ0n) is 14.4. The topological polar surface area (TPSA) is 111 Å². The van der Waals surface area contributed by atoms with Crippen molar-refractivity contribution in [3.05, 3.63) is 51.4 Å². The monoisotopic (exact) mass is 412 g/mol. The maximum atomic E-state index is 12.8. The maximum absolute atomic E-state index is 12.8. The van der Waals surface area contributed by atoms with Crippen LogP contribution in [-0.2, 0) is 21.8 Å². The first kappa shape index (κ1) is 19.5. The Morgan fingerprint density at radius 2 is 1.93 bits per heavy atom. The summed E-state index contributed by atoms with van der Waals surface area (Å²) in [6, 6.07) is 6.70. The van der Waals surface area contributed by atoms with Crippen molar-refractivity contribution in [3.8, 4) is 0 Å². The molecule has 0 bridgehead atoms. The average molecular weight is 413 g/mol. The normalized spacial score (nSPS) is 15.5. The number of carbonyl (C=O) groups excluding carboxylic acids is 1. The third kappa shape index (κ3) is 4.19. The van der Waals surface area contributed by atoms with Crippen LogP contribution in [0.25, 0.3) is 0 Å². The molecule has 1 aromatic carbocycles. The van der Waals surface area contributed by atoms with Crippen LogP contribution in [-0.4, -0.2) is 54.7 Å². The Hall–Kier alpha value is -2.27. The zero-order chi connectivity index (χ0) is 19.6. The number of rotatable bonds is 4. The number of hydrogen-bond acceptors (Lipinski definition) is 6. The van der Waals surface area contributed by atoms with Crippen LogP contribution in [0.3, 0.4) is 0 Å². The van der Waals surface area contributed by atoms with Crippen LogP contribution >= 0.6 is 11.6 Å². The summed E-state index contributed by atoms with van der Waals surface area (Å²) in [5.41, 5.74) is -0.0894. The lowest BCUT2D eigenvalue weighted by atomic mass is 10.3. The summed E-state index contributed by atoms with van der Waals surface area (Å²) in [5, 5.41) is 6.48. The van der Waals surface area contributed by atoms with E-state index < -0.39 is 15.9 Å². The van der Waals surface area contributed by atoms with E-state index in [1.165, 1.54) is 41.7 Å². The number of ether oxygens (including phenoxy) is 1. The van der Waals surface area contributed by atoms with E-state index in [4.69, 9.17) is 16.3 Å². The smallest absolute Gasteiger partial charge is 0.276 e. The fourth-order valence-electron chi connectivity index (χ4n) is 2.52. The molecule has 1 amide bonds. The second-order valence-corrected chi connectivity index (χ2v) is 8.11. The van der Waals surface area contributed by atoms with E-state index in [2.05, 4.69) is 10.4 Å². The molecule has 3 rings (SSSR count). The van der Waals surface area contributed by atoms with Crippen molar-refractivity contribution in [2.75, 3.05) is 31.6 Å². The summed E-state index contributed by atoms with van der Waals surface area (Å²) in [4.78, 5) is 23.6. The van der Waals surface area contributed by atoms with Crippen LogP contribution < -0.4 is 10.9 Å². The van der Waals surface area contributed by atoms with Crippen molar-refractivity contribution in [2.45, 2.75) is 4.90 Å². The van der Waals surface area contributed by atoms with Crippen molar-refractivity contribution < 1.29 is 17.9 Å². The van der Waals surface area contributed by atoms with Gasteiger partial charge in [-0.05, 0) is 24.3 Å². The number of aromatic nitrogens is 2. The summed E-state index contributed by atoms with van der Waals surface area (Å²) < 4.78 is 33.1. The molecule has 0 saturated carbocycles. The van der Waals surface area contributed by atoms with E-state index in [1.54, 1.807) is 0 Å². The molecule has 2 heterocycles. The summed E-state index contributed by atoms with van der Waals surface area (Å²) >= 11 is 6.09. The van der Waals surface area contributed by atoms with Gasteiger partial charge < -0.3 is 10.1 Å². The second-order valence-electron chi connectivity index (χ2n) is 5.80. The van der Waals surface area contributed by atoms with Gasteiger partial charge in [0.05, 0.1) is 18.2 Å². The minimum absolute atomic E-state index is 0.0182. The predicted octanol–water partition coefficient (Wildman–Crippen LogP) is 0.707. The lowest BCUT2D eigenvalue weighted by Gasteiger charge is -2.26. The van der Waals surface area contributed by atoms with Gasteiger partial charge in [0.15, 0.2) is 0 Å². The molecule has 0 aliphatic carbocycles. The molecule has 1 aliphatic heterocycles. The Balaban J connectivity index is 1.87. The highest BCUT2D eigenvalue weighted by atomic mass is 35.5. The molecule has 1 aromatic heterocycles. The average Bonchev–Trinajstić information content (AvgIpc) is 2.66. The van der Waals surface area contributed by atoms with Crippen LogP contribution in [0.2, 0.25) is 5.02 Å². The molecule has 1 N–H and O–H groups in total. The highest BCUT2D eigenvalue weighted by Gasteiger charge is 2.28. The number of nitrogens with one attached hydrogen (secondary N) is 1. The molecule has 0 radical (unpaired) electrons. The van der Waals surface area contributed by atoms with E-state index in [0.29, 0.717) is 13.2 Å². The maximum Gasteiger partial charge on any atom is 0.276 e. The summed E-state index contributed by atoms with van der Waals surface area (Å²) in [6.07, 6.45) is 0. The quantitative estimate of drug-likeness (QED) is 0.791. The Bertz CT molecular complexity index is 1030. The Labute approximate surface area is 160 Å². The predicted molar refractivity (Wildman–Crippen MR) is 98.5 cm³/mol. The molecule has 1 fully saturated rings. The largest absolute Gasteiger partial charge is 0.379 e. The van der Waals surface area contributed by atoms with Crippen LogP contribution in [0.1, 0.15) is 10.5 Å². The molecule has 0 spiro atoms. The Kier molecular flexibility index (Phi) is 5.61. The highest BCUT2D eigenvalue weighted by Crippen LogP contribution is 2.28. The van der Waals surface area contributed by atoms with Gasteiger partial charge >= 0.3 is 0 Å². The third-order valence-corrected chi connectivity index (χ3v) is 6.35. The minimum Gasteiger partial charge on any atom is -0.379 e. The molecular formula is C16H17ClN4O5S. The number of hydrogen-bond donors (Lipinski definition) is 1. The zero-order valence-corrected chi connectivity index (χ0v) is 16.0. The van der Waals surface area contributed by atoms with E-state index in [9.17, 15) is 18.0 Å². The van der Waals surface area contributed by atoms with Gasteiger partial charge in [-0.2, -0.15) is 9.40 Å². The van der Waals surface area contributed by atoms with Gasteiger partial charge in [-0.15, -0.1) is 0 Å². The van der Waals surface area contributed by atoms with Gasteiger partial charge in [0, 0.05) is 31.9 Å². The molecule has 9 nitrogen and oxygen atoms in total. The first-order valence-corrected chi connectivity index (χ1v) is 9.84. The molecule has 0 atom stereocenters. The van der Waals surface area contributed by atoms with Gasteiger partial charge in [0.1, 0.15) is 10.6 Å². The van der Waals surface area contributed by atoms with Crippen molar-refractivity contribution in [1.82, 2.24) is 14.1 Å². The van der Waals surface area contributed by atoms with Crippen LogP contribution in [0.4, 0.5) is 5.69 Å². The summed E-state index contributed by atoms with van der Waals surface area (Å²) in [6.45, 7) is 1.09. The van der Waals surface area contributed by atoms with Gasteiger partial charge in [0.25, 0.3) is 11.5 Å². The van der Waals surface area contributed by atoms with Gasteiger partial charge in [-0.1, -0.05) is 11.6 Å². The second kappa shape index (κ2) is 7.77. The van der Waals surface area contributed by atoms with E-state index in [0.717, 1.165) is 4.68 Å². The van der Waals surface area contributed by atoms with Gasteiger partial charge in [0.2, 0.25) is 10.0 Å². The summed E-state index contributed by atoms with van der Waals surface area (Å²) in [5.74, 6) is -0.581. The number of benzene rings is 1. The van der Waals surface area contributed by atoms with Crippen molar-refractivity contribution in [2.24, 2.45) is 7.05 Å². The van der Waals surface area contributed by atoms with Gasteiger partial charge in [-0.3, -0.25) is 9.59 Å². The lowest BCUT2D eigenvalue weighted by Crippen LogP contribution is -2.40. The molecule has 1 saturated heterocycles. The van der Waals surface area contributed by atoms with Crippen LogP contribution in [0.5, 0.6) is 0 Å². The molecule has 0 unspecified atom stereocenters. The van der Waals surface area contributed by atoms with Crippen molar-refractivity contribution in [3.63, 3.8) is 0 Å². The number of nitrogens with zero attached hydrogens (tertiary/aromatic N) is 3. The molecular weight excluding hydrogens is 396 g/mol. The minimum atomic E-state index is -3.82. The summed E-state index contributed by atoms with van der Waals surface area (Å²) in [7, 11) is -2.39. The fourth-order valence-corrected chi connectivity index (χ4v) is 4.43. The van der Waals surface area contributed by atoms with Crippen molar-refractivity contribution >= 4 is 33.2 Å². The SMILES string of the molecule is Cn1nc(C(=O)Nc2ccc(Cl)c(S(=O)(=O)N3CCOCC3)c2)ccc1=O. The Morgan fingerprint density at radius 1 is 1.22 bits per heavy atom. The molecule has 27 heavy (non-hydrogen) atoms. The van der Waals surface area contributed by atoms with E-state index in [-0.39, 0.29) is 39.9 Å². The van der Waals surface area contributed by atoms with Gasteiger partial charge in [-0.25, -0.2) is 13.1 Å². The molecule has 1 aliphatic rings. The first-order valence-electron chi connectivity index (χ1n) is 8.02. The van der Waals surface area contributed by atoms with E-state index in [1.807, 2.05) is 0 Å². The number of anilines is 1. The number of morpholine rings is 1. The lowest BCUT2D eigenvalue weighted by molar-refractivity contribution is 0.0730. The number of aryl methyl sites for hydroxylation is 1. The molecule has 2 aromatic rings. The number of amides is 1. The van der Waals surface area contributed by atoms with Crippen LogP contribution in [0, 0.1) is 0 Å². The molecule has 144 valence electrons. The first-order chi connectivity index (χ1) is 12.8. The highest BCUT2D eigenvalue weighted by molar-refractivity contribution is 7.89. The van der Waals surface area contributed by atoms with E-state index >= 15 is 0 Å². The number of carbonyl (C=O) groups is 1. The van der Waals surface area contributed by atoms with Crippen molar-refractivity contribution in [1.29, 1.82) is 0 Å². The third-order valence-electron chi connectivity index (χ3n) is 3.97. The standard InChI is InChI=1S/C16H17ClN4O5S/c1-20-15(22)5-4-13(19-20)16(23)18-11-2-3-12(17)14(10-11)27(24,25)21-6-8-26-9-7-21/h2-5,10H,6-9H2,1H3,(H,18,23). The number of halogens is 1.